The zero-order valence-corrected chi connectivity index (χ0v) is 16.7. The molecule has 1 fully saturated rings. The monoisotopic (exact) mass is 379 g/mol. The summed E-state index contributed by atoms with van der Waals surface area (Å²) < 4.78 is 18.2. The maximum absolute atomic E-state index is 12.2. The van der Waals surface area contributed by atoms with Crippen molar-refractivity contribution in [1.82, 2.24) is 10.6 Å². The van der Waals surface area contributed by atoms with Gasteiger partial charge in [-0.25, -0.2) is 0 Å². The predicted octanol–water partition coefficient (Wildman–Crippen LogP) is 3.09. The van der Waals surface area contributed by atoms with Crippen LogP contribution in [0, 0.1) is 0 Å². The van der Waals surface area contributed by atoms with Gasteiger partial charge in [0.15, 0.2) is 5.96 Å². The second kappa shape index (κ2) is 12.9. The summed E-state index contributed by atoms with van der Waals surface area (Å²) in [4.78, 5) is 5.43. The SMILES string of the molecule is CCNC(=NCCOC1CCCCCC1)NCCS(=O)c1ccccc1. The summed E-state index contributed by atoms with van der Waals surface area (Å²) >= 11 is 0. The van der Waals surface area contributed by atoms with E-state index in [9.17, 15) is 4.21 Å². The molecule has 26 heavy (non-hydrogen) atoms. The third-order valence-electron chi connectivity index (χ3n) is 4.45. The number of hydrogen-bond acceptors (Lipinski definition) is 3. The van der Waals surface area contributed by atoms with Crippen molar-refractivity contribution in [3.8, 4) is 0 Å². The topological polar surface area (TPSA) is 62.7 Å². The van der Waals surface area contributed by atoms with Crippen LogP contribution in [0.4, 0.5) is 0 Å². The summed E-state index contributed by atoms with van der Waals surface area (Å²) in [6, 6.07) is 9.58. The first-order chi connectivity index (χ1) is 12.8. The molecule has 6 heteroatoms. The summed E-state index contributed by atoms with van der Waals surface area (Å²) in [5.41, 5.74) is 0. The van der Waals surface area contributed by atoms with Gasteiger partial charge in [-0.3, -0.25) is 9.20 Å². The van der Waals surface area contributed by atoms with E-state index in [-0.39, 0.29) is 0 Å². The number of nitrogens with zero attached hydrogens (tertiary/aromatic N) is 1. The Kier molecular flexibility index (Phi) is 10.4. The lowest BCUT2D eigenvalue weighted by molar-refractivity contribution is 0.0487. The highest BCUT2D eigenvalue weighted by Gasteiger charge is 2.12. The molecule has 1 atom stereocenters. The lowest BCUT2D eigenvalue weighted by Crippen LogP contribution is -2.39. The molecule has 0 aromatic heterocycles. The lowest BCUT2D eigenvalue weighted by atomic mass is 10.1. The number of ether oxygens (including phenoxy) is 1. The van der Waals surface area contributed by atoms with Crippen LogP contribution in [0.2, 0.25) is 0 Å². The minimum Gasteiger partial charge on any atom is -0.376 e. The quantitative estimate of drug-likeness (QED) is 0.300. The van der Waals surface area contributed by atoms with Gasteiger partial charge in [0.05, 0.1) is 30.1 Å². The van der Waals surface area contributed by atoms with Crippen molar-refractivity contribution in [2.75, 3.05) is 32.0 Å². The van der Waals surface area contributed by atoms with Gasteiger partial charge in [-0.05, 0) is 31.9 Å². The molecule has 0 radical (unpaired) electrons. The minimum atomic E-state index is -0.986. The molecule has 2 rings (SSSR count). The van der Waals surface area contributed by atoms with Crippen LogP contribution in [0.25, 0.3) is 0 Å². The highest BCUT2D eigenvalue weighted by Crippen LogP contribution is 2.19. The molecular weight excluding hydrogens is 346 g/mol. The molecule has 0 aliphatic heterocycles. The van der Waals surface area contributed by atoms with Gasteiger partial charge < -0.3 is 15.4 Å². The smallest absolute Gasteiger partial charge is 0.191 e. The van der Waals surface area contributed by atoms with Crippen molar-refractivity contribution in [3.63, 3.8) is 0 Å². The van der Waals surface area contributed by atoms with Gasteiger partial charge in [0.2, 0.25) is 0 Å². The lowest BCUT2D eigenvalue weighted by Gasteiger charge is -2.15. The van der Waals surface area contributed by atoms with Crippen molar-refractivity contribution in [2.24, 2.45) is 4.99 Å². The Labute approximate surface area is 160 Å². The van der Waals surface area contributed by atoms with Gasteiger partial charge in [-0.15, -0.1) is 0 Å². The summed E-state index contributed by atoms with van der Waals surface area (Å²) in [5, 5.41) is 6.49. The standard InChI is InChI=1S/C20H33N3O2S/c1-2-21-20(22-14-16-25-18-10-6-3-4-7-11-18)23-15-17-26(24)19-12-8-5-9-13-19/h5,8-9,12-13,18H,2-4,6-7,10-11,14-17H2,1H3,(H2,21,22,23). The van der Waals surface area contributed by atoms with E-state index in [4.69, 9.17) is 4.74 Å². The van der Waals surface area contributed by atoms with Gasteiger partial charge in [0.25, 0.3) is 0 Å². The zero-order chi connectivity index (χ0) is 18.5. The average Bonchev–Trinajstić information content (AvgIpc) is 2.94. The zero-order valence-electron chi connectivity index (χ0n) is 15.9. The summed E-state index contributed by atoms with van der Waals surface area (Å²) in [6.07, 6.45) is 8.05. The Morgan fingerprint density at radius 2 is 1.88 bits per heavy atom. The van der Waals surface area contributed by atoms with E-state index < -0.39 is 10.8 Å². The molecule has 1 aliphatic carbocycles. The first kappa shape index (κ1) is 20.9. The second-order valence-electron chi connectivity index (χ2n) is 6.53. The fourth-order valence-electron chi connectivity index (χ4n) is 3.08. The van der Waals surface area contributed by atoms with E-state index in [0.717, 1.165) is 17.4 Å². The first-order valence-electron chi connectivity index (χ1n) is 9.87. The molecular formula is C20H33N3O2S. The Hall–Kier alpha value is -1.40. The fourth-order valence-corrected chi connectivity index (χ4v) is 4.06. The number of guanidine groups is 1. The molecule has 1 aromatic rings. The van der Waals surface area contributed by atoms with Gasteiger partial charge in [-0.2, -0.15) is 0 Å². The Balaban J connectivity index is 1.67. The predicted molar refractivity (Wildman–Crippen MR) is 109 cm³/mol. The van der Waals surface area contributed by atoms with Crippen LogP contribution >= 0.6 is 0 Å². The first-order valence-corrected chi connectivity index (χ1v) is 11.2. The molecule has 1 unspecified atom stereocenters. The van der Waals surface area contributed by atoms with E-state index in [1.807, 2.05) is 37.3 Å². The average molecular weight is 380 g/mol. The summed E-state index contributed by atoms with van der Waals surface area (Å²) in [5.74, 6) is 1.33. The molecule has 1 aromatic carbocycles. The van der Waals surface area contributed by atoms with Gasteiger partial charge >= 0.3 is 0 Å². The highest BCUT2D eigenvalue weighted by molar-refractivity contribution is 7.85. The van der Waals surface area contributed by atoms with Crippen molar-refractivity contribution >= 4 is 16.8 Å². The van der Waals surface area contributed by atoms with E-state index in [2.05, 4.69) is 15.6 Å². The number of aliphatic imine (C=N–C) groups is 1. The fraction of sp³-hybridized carbons (Fsp3) is 0.650. The normalized spacial score (nSPS) is 17.5. The van der Waals surface area contributed by atoms with Crippen LogP contribution in [-0.2, 0) is 15.5 Å². The van der Waals surface area contributed by atoms with Crippen LogP contribution in [0.3, 0.4) is 0 Å². The summed E-state index contributed by atoms with van der Waals surface area (Å²) in [7, 11) is -0.986. The van der Waals surface area contributed by atoms with Crippen molar-refractivity contribution in [2.45, 2.75) is 56.4 Å². The Morgan fingerprint density at radius 3 is 2.58 bits per heavy atom. The number of nitrogens with one attached hydrogen (secondary N) is 2. The van der Waals surface area contributed by atoms with Gasteiger partial charge in [0.1, 0.15) is 0 Å². The molecule has 0 spiro atoms. The van der Waals surface area contributed by atoms with E-state index in [1.54, 1.807) is 0 Å². The van der Waals surface area contributed by atoms with Crippen LogP contribution < -0.4 is 10.6 Å². The van der Waals surface area contributed by atoms with Gasteiger partial charge in [0, 0.05) is 23.7 Å². The van der Waals surface area contributed by atoms with Crippen LogP contribution in [0.1, 0.15) is 45.4 Å². The Bertz CT molecular complexity index is 543. The third kappa shape index (κ3) is 8.32. The number of rotatable bonds is 9. The molecule has 146 valence electrons. The largest absolute Gasteiger partial charge is 0.376 e. The van der Waals surface area contributed by atoms with Crippen LogP contribution in [0.5, 0.6) is 0 Å². The molecule has 2 N–H and O–H groups in total. The molecule has 0 heterocycles. The molecule has 0 saturated heterocycles. The van der Waals surface area contributed by atoms with Gasteiger partial charge in [-0.1, -0.05) is 43.9 Å². The summed E-state index contributed by atoms with van der Waals surface area (Å²) in [6.45, 7) is 4.78. The van der Waals surface area contributed by atoms with Crippen molar-refractivity contribution < 1.29 is 8.95 Å². The Morgan fingerprint density at radius 1 is 1.15 bits per heavy atom. The highest BCUT2D eigenvalue weighted by atomic mass is 32.2. The van der Waals surface area contributed by atoms with Crippen LogP contribution in [0.15, 0.2) is 40.2 Å². The van der Waals surface area contributed by atoms with Crippen molar-refractivity contribution in [1.29, 1.82) is 0 Å². The third-order valence-corrected chi connectivity index (χ3v) is 5.82. The molecule has 1 saturated carbocycles. The maximum Gasteiger partial charge on any atom is 0.191 e. The molecule has 5 nitrogen and oxygen atoms in total. The maximum atomic E-state index is 12.2. The number of benzene rings is 1. The molecule has 0 amide bonds. The van der Waals surface area contributed by atoms with E-state index in [0.29, 0.717) is 31.6 Å². The minimum absolute atomic E-state index is 0.413. The molecule has 0 bridgehead atoms. The van der Waals surface area contributed by atoms with Crippen LogP contribution in [-0.4, -0.2) is 48.3 Å². The second-order valence-corrected chi connectivity index (χ2v) is 8.11. The van der Waals surface area contributed by atoms with E-state index >= 15 is 0 Å². The number of hydrogen-bond donors (Lipinski definition) is 2. The van der Waals surface area contributed by atoms with E-state index in [1.165, 1.54) is 38.5 Å². The van der Waals surface area contributed by atoms with Crippen molar-refractivity contribution in [3.05, 3.63) is 30.3 Å². The molecule has 1 aliphatic rings.